The van der Waals surface area contributed by atoms with Gasteiger partial charge in [0.15, 0.2) is 0 Å². The molecule has 0 spiro atoms. The van der Waals surface area contributed by atoms with Crippen LogP contribution in [0.1, 0.15) is 18.5 Å². The van der Waals surface area contributed by atoms with Crippen LogP contribution in [0.2, 0.25) is 0 Å². The van der Waals surface area contributed by atoms with Crippen molar-refractivity contribution >= 4 is 27.9 Å². The Kier molecular flexibility index (Phi) is 8.69. The van der Waals surface area contributed by atoms with E-state index in [0.717, 1.165) is 12.2 Å². The lowest BCUT2D eigenvalue weighted by atomic mass is 10.0. The lowest BCUT2D eigenvalue weighted by Gasteiger charge is -2.13. The third-order valence-electron chi connectivity index (χ3n) is 3.06. The number of nitrogens with one attached hydrogen (secondary N) is 1. The number of carbonyl (C=O) groups excluding carboxylic acids is 1. The number of hydrogen-bond donors (Lipinski definition) is 2. The van der Waals surface area contributed by atoms with Crippen LogP contribution in [0.3, 0.4) is 0 Å². The van der Waals surface area contributed by atoms with Gasteiger partial charge in [0.1, 0.15) is 5.78 Å². The average molecular weight is 366 g/mol. The molecule has 0 unspecified atom stereocenters. The molecule has 0 saturated heterocycles. The first kappa shape index (κ1) is 20.0. The molecule has 1 aromatic rings. The largest absolute Gasteiger partial charge is 0.397 e. The van der Waals surface area contributed by atoms with Gasteiger partial charge in [-0.2, -0.15) is 20.2 Å². The van der Waals surface area contributed by atoms with Crippen LogP contribution in [0.25, 0.3) is 0 Å². The summed E-state index contributed by atoms with van der Waals surface area (Å²) < 4.78 is 34.9. The monoisotopic (exact) mass is 366 g/mol. The third kappa shape index (κ3) is 8.42. The highest BCUT2D eigenvalue weighted by Crippen LogP contribution is 2.06. The second-order valence-corrected chi connectivity index (χ2v) is 6.91. The fourth-order valence-electron chi connectivity index (χ4n) is 1.93. The molecule has 0 fully saturated rings. The first-order valence-corrected chi connectivity index (χ1v) is 9.81. The molecule has 0 aliphatic carbocycles. The maximum Gasteiger partial charge on any atom is 0.397 e. The van der Waals surface area contributed by atoms with Crippen LogP contribution in [0.4, 0.5) is 0 Å². The highest BCUT2D eigenvalue weighted by atomic mass is 32.3. The van der Waals surface area contributed by atoms with Crippen LogP contribution in [0.15, 0.2) is 6.20 Å². The Morgan fingerprint density at radius 1 is 1.57 bits per heavy atom. The van der Waals surface area contributed by atoms with Gasteiger partial charge in [-0.3, -0.25) is 9.35 Å². The number of aromatic nitrogens is 3. The SMILES string of the molecule is CN[C@@H](Cc1cn(CCOS(=O)(=O)O)nn1)C(=O)CCCSC. The zero-order chi connectivity index (χ0) is 17.3. The Morgan fingerprint density at radius 3 is 2.91 bits per heavy atom. The van der Waals surface area contributed by atoms with Crippen molar-refractivity contribution in [2.45, 2.75) is 31.8 Å². The van der Waals surface area contributed by atoms with Crippen LogP contribution >= 0.6 is 11.8 Å². The topological polar surface area (TPSA) is 123 Å². The van der Waals surface area contributed by atoms with E-state index in [1.54, 1.807) is 25.0 Å². The molecule has 0 amide bonds. The van der Waals surface area contributed by atoms with Crippen molar-refractivity contribution < 1.29 is 21.9 Å². The van der Waals surface area contributed by atoms with Crippen LogP contribution in [-0.4, -0.2) is 65.5 Å². The Bertz CT molecular complexity index is 590. The standard InChI is InChI=1S/C12H22N4O5S2/c1-13-11(12(17)4-3-7-22-2)8-10-9-16(15-14-10)5-6-21-23(18,19)20/h9,11,13H,3-8H2,1-2H3,(H,18,19,20)/t11-/m0/s1. The Morgan fingerprint density at radius 2 is 2.30 bits per heavy atom. The van der Waals surface area contributed by atoms with Gasteiger partial charge in [0.2, 0.25) is 0 Å². The van der Waals surface area contributed by atoms with Crippen molar-refractivity contribution in [1.82, 2.24) is 20.3 Å². The third-order valence-corrected chi connectivity index (χ3v) is 4.22. The van der Waals surface area contributed by atoms with Gasteiger partial charge >= 0.3 is 10.4 Å². The molecular formula is C12H22N4O5S2. The summed E-state index contributed by atoms with van der Waals surface area (Å²) in [4.78, 5) is 12.1. The van der Waals surface area contributed by atoms with Crippen molar-refractivity contribution in [3.63, 3.8) is 0 Å². The van der Waals surface area contributed by atoms with E-state index in [4.69, 9.17) is 4.55 Å². The van der Waals surface area contributed by atoms with Crippen LogP contribution < -0.4 is 5.32 Å². The van der Waals surface area contributed by atoms with Crippen molar-refractivity contribution in [3.8, 4) is 0 Å². The molecule has 9 nitrogen and oxygen atoms in total. The van der Waals surface area contributed by atoms with E-state index in [9.17, 15) is 13.2 Å². The maximum atomic E-state index is 12.1. The Hall–Kier alpha value is -1.01. The quantitative estimate of drug-likeness (QED) is 0.387. The van der Waals surface area contributed by atoms with E-state index in [1.807, 2.05) is 6.26 Å². The molecule has 0 aliphatic heterocycles. The summed E-state index contributed by atoms with van der Waals surface area (Å²) in [6, 6.07) is -0.323. The van der Waals surface area contributed by atoms with Crippen LogP contribution in [0, 0.1) is 0 Å². The van der Waals surface area contributed by atoms with Crippen molar-refractivity contribution in [1.29, 1.82) is 0 Å². The molecule has 0 aliphatic rings. The summed E-state index contributed by atoms with van der Waals surface area (Å²) in [5.74, 6) is 1.08. The number of carbonyl (C=O) groups is 1. The minimum atomic E-state index is -4.45. The van der Waals surface area contributed by atoms with Gasteiger partial charge in [0, 0.05) is 19.0 Å². The van der Waals surface area contributed by atoms with Gasteiger partial charge in [-0.25, -0.2) is 8.86 Å². The van der Waals surface area contributed by atoms with E-state index in [0.29, 0.717) is 18.5 Å². The first-order valence-electron chi connectivity index (χ1n) is 7.05. The summed E-state index contributed by atoms with van der Waals surface area (Å²) in [6.07, 6.45) is 5.39. The molecule has 1 heterocycles. The number of rotatable bonds is 12. The van der Waals surface area contributed by atoms with E-state index in [1.165, 1.54) is 4.68 Å². The van der Waals surface area contributed by atoms with Gasteiger partial charge in [-0.05, 0) is 25.5 Å². The number of thioether (sulfide) groups is 1. The Balaban J connectivity index is 2.47. The first-order chi connectivity index (χ1) is 10.9. The van der Waals surface area contributed by atoms with E-state index >= 15 is 0 Å². The van der Waals surface area contributed by atoms with Gasteiger partial charge in [0.05, 0.1) is 24.9 Å². The number of likely N-dealkylation sites (N-methyl/N-ethyl adjacent to an activating group) is 1. The summed E-state index contributed by atoms with van der Waals surface area (Å²) in [5, 5.41) is 10.8. The second-order valence-electron chi connectivity index (χ2n) is 4.83. The van der Waals surface area contributed by atoms with Crippen LogP contribution in [0.5, 0.6) is 0 Å². The number of Topliss-reactive ketones (excluding diaryl/α,β-unsaturated/α-hetero) is 1. The normalized spacial score (nSPS) is 13.2. The summed E-state index contributed by atoms with van der Waals surface area (Å²) >= 11 is 1.71. The fraction of sp³-hybridized carbons (Fsp3) is 0.750. The zero-order valence-corrected chi connectivity index (χ0v) is 14.8. The lowest BCUT2D eigenvalue weighted by molar-refractivity contribution is -0.120. The van der Waals surface area contributed by atoms with Crippen molar-refractivity contribution in [3.05, 3.63) is 11.9 Å². The smallest absolute Gasteiger partial charge is 0.310 e. The van der Waals surface area contributed by atoms with Gasteiger partial charge in [-0.15, -0.1) is 5.10 Å². The molecule has 2 N–H and O–H groups in total. The zero-order valence-electron chi connectivity index (χ0n) is 13.1. The molecule has 1 aromatic heterocycles. The number of ketones is 1. The molecule has 11 heteroatoms. The minimum absolute atomic E-state index is 0.124. The van der Waals surface area contributed by atoms with Gasteiger partial charge in [0.25, 0.3) is 0 Å². The summed E-state index contributed by atoms with van der Waals surface area (Å²) in [5.41, 5.74) is 0.620. The van der Waals surface area contributed by atoms with Crippen molar-refractivity contribution in [2.24, 2.45) is 0 Å². The molecular weight excluding hydrogens is 344 g/mol. The molecule has 0 bridgehead atoms. The minimum Gasteiger partial charge on any atom is -0.310 e. The summed E-state index contributed by atoms with van der Waals surface area (Å²) in [6.45, 7) is -0.122. The van der Waals surface area contributed by atoms with Gasteiger partial charge < -0.3 is 5.32 Å². The molecule has 0 aromatic carbocycles. The molecule has 0 saturated carbocycles. The number of nitrogens with zero attached hydrogens (tertiary/aromatic N) is 3. The van der Waals surface area contributed by atoms with E-state index in [2.05, 4.69) is 19.8 Å². The molecule has 0 radical (unpaired) electrons. The molecule has 23 heavy (non-hydrogen) atoms. The second kappa shape index (κ2) is 9.98. The average Bonchev–Trinajstić information content (AvgIpc) is 2.91. The predicted octanol–water partition coefficient (Wildman–Crippen LogP) is -0.0597. The maximum absolute atomic E-state index is 12.1. The highest BCUT2D eigenvalue weighted by Gasteiger charge is 2.18. The van der Waals surface area contributed by atoms with Crippen LogP contribution in [-0.2, 0) is 32.3 Å². The van der Waals surface area contributed by atoms with E-state index in [-0.39, 0.29) is 25.0 Å². The lowest BCUT2D eigenvalue weighted by Crippen LogP contribution is -2.36. The predicted molar refractivity (Wildman–Crippen MR) is 86.7 cm³/mol. The number of hydrogen-bond acceptors (Lipinski definition) is 8. The van der Waals surface area contributed by atoms with Gasteiger partial charge in [-0.1, -0.05) is 5.21 Å². The Labute approximate surface area is 140 Å². The molecule has 1 atom stereocenters. The van der Waals surface area contributed by atoms with Crippen molar-refractivity contribution in [2.75, 3.05) is 25.7 Å². The highest BCUT2D eigenvalue weighted by molar-refractivity contribution is 7.98. The molecule has 1 rings (SSSR count). The molecule has 132 valence electrons. The van der Waals surface area contributed by atoms with E-state index < -0.39 is 10.4 Å². The fourth-order valence-corrected chi connectivity index (χ4v) is 2.65. The summed E-state index contributed by atoms with van der Waals surface area (Å²) in [7, 11) is -2.73.